The van der Waals surface area contributed by atoms with Crippen LogP contribution in [-0.4, -0.2) is 53.8 Å². The Labute approximate surface area is 163 Å². The fraction of sp³-hybridized carbons (Fsp3) is 0.542. The van der Waals surface area contributed by atoms with Crippen molar-refractivity contribution in [3.05, 3.63) is 48.0 Å². The summed E-state index contributed by atoms with van der Waals surface area (Å²) < 4.78 is 0. The van der Waals surface area contributed by atoms with Gasteiger partial charge in [0.2, 0.25) is 0 Å². The lowest BCUT2D eigenvalue weighted by molar-refractivity contribution is 0.0971. The second kappa shape index (κ2) is 8.12. The maximum atomic E-state index is 12.5. The van der Waals surface area contributed by atoms with E-state index in [2.05, 4.69) is 41.8 Å². The second-order valence-electron chi connectivity index (χ2n) is 8.83. The number of piperazine rings is 1. The fourth-order valence-electron chi connectivity index (χ4n) is 4.91. The molecule has 0 aliphatic carbocycles. The number of rotatable bonds is 8. The molecule has 0 saturated carbocycles. The zero-order valence-corrected chi connectivity index (χ0v) is 16.7. The Kier molecular flexibility index (Phi) is 5.60. The lowest BCUT2D eigenvalue weighted by atomic mass is 10.0. The summed E-state index contributed by atoms with van der Waals surface area (Å²) in [6, 6.07) is 15.9. The highest BCUT2D eigenvalue weighted by Gasteiger charge is 2.42. The third-order valence-corrected chi connectivity index (χ3v) is 6.24. The van der Waals surface area contributed by atoms with Gasteiger partial charge < -0.3 is 0 Å². The summed E-state index contributed by atoms with van der Waals surface area (Å²) in [6.07, 6.45) is 4.14. The van der Waals surface area contributed by atoms with Gasteiger partial charge in [0, 0.05) is 43.7 Å². The van der Waals surface area contributed by atoms with E-state index in [0.29, 0.717) is 6.42 Å². The highest BCUT2D eigenvalue weighted by molar-refractivity contribution is 5.99. The molecule has 3 heteroatoms. The van der Waals surface area contributed by atoms with E-state index in [1.807, 2.05) is 24.3 Å². The number of benzene rings is 2. The summed E-state index contributed by atoms with van der Waals surface area (Å²) >= 11 is 0. The van der Waals surface area contributed by atoms with Gasteiger partial charge >= 0.3 is 0 Å². The minimum Gasteiger partial charge on any atom is -0.297 e. The molecule has 2 heterocycles. The van der Waals surface area contributed by atoms with Crippen molar-refractivity contribution < 1.29 is 4.79 Å². The minimum absolute atomic E-state index is 0.284. The molecule has 0 aromatic heterocycles. The molecule has 2 aromatic carbocycles. The van der Waals surface area contributed by atoms with Gasteiger partial charge in [-0.15, -0.1) is 0 Å². The molecule has 0 N–H and O–H groups in total. The van der Waals surface area contributed by atoms with Crippen LogP contribution in [0.3, 0.4) is 0 Å². The van der Waals surface area contributed by atoms with Crippen molar-refractivity contribution >= 4 is 16.6 Å². The summed E-state index contributed by atoms with van der Waals surface area (Å²) in [5.41, 5.74) is 0.859. The lowest BCUT2D eigenvalue weighted by Crippen LogP contribution is -2.47. The Morgan fingerprint density at radius 2 is 1.74 bits per heavy atom. The zero-order chi connectivity index (χ0) is 18.8. The molecule has 0 radical (unpaired) electrons. The third-order valence-electron chi connectivity index (χ3n) is 6.24. The Hall–Kier alpha value is -1.71. The van der Waals surface area contributed by atoms with Crippen LogP contribution in [0.4, 0.5) is 0 Å². The predicted molar refractivity (Wildman–Crippen MR) is 112 cm³/mol. The van der Waals surface area contributed by atoms with Crippen molar-refractivity contribution in [2.24, 2.45) is 5.92 Å². The van der Waals surface area contributed by atoms with E-state index in [9.17, 15) is 4.79 Å². The van der Waals surface area contributed by atoms with Crippen molar-refractivity contribution in [3.8, 4) is 0 Å². The molecular weight excluding hydrogens is 332 g/mol. The molecule has 0 spiro atoms. The summed E-state index contributed by atoms with van der Waals surface area (Å²) in [5.74, 6) is 1.05. The van der Waals surface area contributed by atoms with E-state index in [1.54, 1.807) is 0 Å². The van der Waals surface area contributed by atoms with Crippen molar-refractivity contribution in [1.29, 1.82) is 0 Å². The molecule has 3 nitrogen and oxygen atoms in total. The van der Waals surface area contributed by atoms with E-state index >= 15 is 0 Å². The van der Waals surface area contributed by atoms with Gasteiger partial charge in [0.05, 0.1) is 0 Å². The normalized spacial score (nSPS) is 22.9. The van der Waals surface area contributed by atoms with Gasteiger partial charge in [-0.2, -0.15) is 0 Å². The first-order valence-electron chi connectivity index (χ1n) is 10.6. The molecule has 2 atom stereocenters. The number of hydrogen-bond donors (Lipinski definition) is 0. The van der Waals surface area contributed by atoms with Crippen LogP contribution >= 0.6 is 0 Å². The van der Waals surface area contributed by atoms with Crippen molar-refractivity contribution in [1.82, 2.24) is 9.80 Å². The molecule has 2 fully saturated rings. The maximum absolute atomic E-state index is 12.5. The molecular formula is C24H32N2O. The quantitative estimate of drug-likeness (QED) is 0.505. The number of ketones is 1. The SMILES string of the molecule is CC(C)CN1CC2CC1CN2CCCCC(=O)c1ccc2ccccc2c1. The van der Waals surface area contributed by atoms with E-state index < -0.39 is 0 Å². The van der Waals surface area contributed by atoms with E-state index in [4.69, 9.17) is 0 Å². The van der Waals surface area contributed by atoms with E-state index in [-0.39, 0.29) is 5.78 Å². The number of unbranched alkanes of at least 4 members (excludes halogenated alkanes) is 1. The Bertz CT molecular complexity index is 800. The number of fused-ring (bicyclic) bond motifs is 3. The van der Waals surface area contributed by atoms with Gasteiger partial charge in [-0.25, -0.2) is 0 Å². The highest BCUT2D eigenvalue weighted by atomic mass is 16.1. The number of nitrogens with zero attached hydrogens (tertiary/aromatic N) is 2. The maximum Gasteiger partial charge on any atom is 0.162 e. The zero-order valence-electron chi connectivity index (χ0n) is 16.7. The highest BCUT2D eigenvalue weighted by Crippen LogP contribution is 2.31. The summed E-state index contributed by atoms with van der Waals surface area (Å²) in [5, 5.41) is 2.35. The van der Waals surface area contributed by atoms with Gasteiger partial charge in [0.15, 0.2) is 5.78 Å². The smallest absolute Gasteiger partial charge is 0.162 e. The second-order valence-corrected chi connectivity index (χ2v) is 8.83. The molecule has 2 aliphatic heterocycles. The predicted octanol–water partition coefficient (Wildman–Crippen LogP) is 4.61. The van der Waals surface area contributed by atoms with Gasteiger partial charge in [0.25, 0.3) is 0 Å². The van der Waals surface area contributed by atoms with E-state index in [0.717, 1.165) is 48.3 Å². The van der Waals surface area contributed by atoms with Crippen molar-refractivity contribution in [2.75, 3.05) is 26.2 Å². The molecule has 2 unspecified atom stereocenters. The minimum atomic E-state index is 0.284. The average Bonchev–Trinajstić information content (AvgIpc) is 3.24. The molecule has 27 heavy (non-hydrogen) atoms. The largest absolute Gasteiger partial charge is 0.297 e. The van der Waals surface area contributed by atoms with Gasteiger partial charge in [-0.05, 0) is 48.6 Å². The lowest BCUT2D eigenvalue weighted by Gasteiger charge is -2.35. The summed E-state index contributed by atoms with van der Waals surface area (Å²) in [7, 11) is 0. The first kappa shape index (κ1) is 18.6. The molecule has 4 rings (SSSR count). The van der Waals surface area contributed by atoms with Crippen LogP contribution in [0, 0.1) is 5.92 Å². The van der Waals surface area contributed by atoms with Crippen LogP contribution in [0.15, 0.2) is 42.5 Å². The topological polar surface area (TPSA) is 23.6 Å². The molecule has 0 amide bonds. The molecule has 2 saturated heterocycles. The van der Waals surface area contributed by atoms with Crippen LogP contribution in [0.2, 0.25) is 0 Å². The first-order valence-corrected chi connectivity index (χ1v) is 10.6. The van der Waals surface area contributed by atoms with Crippen LogP contribution in [0.5, 0.6) is 0 Å². The molecule has 2 bridgehead atoms. The Morgan fingerprint density at radius 3 is 2.48 bits per heavy atom. The van der Waals surface area contributed by atoms with Gasteiger partial charge in [-0.3, -0.25) is 14.6 Å². The number of carbonyl (C=O) groups is 1. The molecule has 2 aliphatic rings. The molecule has 144 valence electrons. The standard InChI is InChI=1S/C24H32N2O/c1-18(2)15-26-17-22-14-23(26)16-25(22)12-6-5-9-24(27)21-11-10-19-7-3-4-8-20(19)13-21/h3-4,7-8,10-11,13,18,22-23H,5-6,9,12,14-17H2,1-2H3. The number of likely N-dealkylation sites (tertiary alicyclic amines) is 2. The monoisotopic (exact) mass is 364 g/mol. The van der Waals surface area contributed by atoms with Crippen LogP contribution in [-0.2, 0) is 0 Å². The van der Waals surface area contributed by atoms with Crippen molar-refractivity contribution in [2.45, 2.75) is 51.6 Å². The van der Waals surface area contributed by atoms with Crippen LogP contribution < -0.4 is 0 Å². The van der Waals surface area contributed by atoms with Crippen LogP contribution in [0.25, 0.3) is 10.8 Å². The number of hydrogen-bond acceptors (Lipinski definition) is 3. The van der Waals surface area contributed by atoms with E-state index in [1.165, 1.54) is 31.4 Å². The molecule has 2 aromatic rings. The summed E-state index contributed by atoms with van der Waals surface area (Å²) in [4.78, 5) is 17.9. The van der Waals surface area contributed by atoms with Gasteiger partial charge in [-0.1, -0.05) is 50.2 Å². The van der Waals surface area contributed by atoms with Crippen molar-refractivity contribution in [3.63, 3.8) is 0 Å². The first-order chi connectivity index (χ1) is 13.1. The summed E-state index contributed by atoms with van der Waals surface area (Å²) in [6.45, 7) is 9.51. The Balaban J connectivity index is 1.21. The average molecular weight is 365 g/mol. The van der Waals surface area contributed by atoms with Gasteiger partial charge in [0.1, 0.15) is 0 Å². The number of carbonyl (C=O) groups excluding carboxylic acids is 1. The fourth-order valence-corrected chi connectivity index (χ4v) is 4.91. The Morgan fingerprint density at radius 1 is 1.00 bits per heavy atom. The number of Topliss-reactive ketones (excluding diaryl/α,β-unsaturated/α-hetero) is 1. The van der Waals surface area contributed by atoms with Crippen LogP contribution in [0.1, 0.15) is 49.9 Å². The third kappa shape index (κ3) is 4.25.